The molecule has 0 atom stereocenters. The summed E-state index contributed by atoms with van der Waals surface area (Å²) < 4.78 is 0. The predicted octanol–water partition coefficient (Wildman–Crippen LogP) is 3.13. The number of thiazole rings is 1. The van der Waals surface area contributed by atoms with Gasteiger partial charge in [0, 0.05) is 24.2 Å². The maximum atomic E-state index is 5.86. The molecule has 0 bridgehead atoms. The highest BCUT2D eigenvalue weighted by Crippen LogP contribution is 2.16. The van der Waals surface area contributed by atoms with E-state index in [1.54, 1.807) is 17.5 Å². The van der Waals surface area contributed by atoms with Crippen LogP contribution in [-0.2, 0) is 13.1 Å². The van der Waals surface area contributed by atoms with Crippen molar-refractivity contribution >= 4 is 22.9 Å². The maximum Gasteiger partial charge on any atom is 0.129 e. The molecule has 0 aliphatic heterocycles. The molecule has 2 heterocycles. The van der Waals surface area contributed by atoms with Crippen LogP contribution in [0, 0.1) is 6.92 Å². The summed E-state index contributed by atoms with van der Waals surface area (Å²) in [4.78, 5) is 11.8. The van der Waals surface area contributed by atoms with Crippen LogP contribution >= 0.6 is 22.9 Å². The van der Waals surface area contributed by atoms with Crippen LogP contribution in [0.1, 0.15) is 16.1 Å². The second kappa shape index (κ2) is 5.58. The Hall–Kier alpha value is -0.970. The molecule has 0 fully saturated rings. The van der Waals surface area contributed by atoms with Gasteiger partial charge in [0.05, 0.1) is 11.2 Å². The fourth-order valence-electron chi connectivity index (χ4n) is 1.63. The van der Waals surface area contributed by atoms with Crippen LogP contribution in [0.2, 0.25) is 5.15 Å². The summed E-state index contributed by atoms with van der Waals surface area (Å²) in [6.07, 6.45) is 1.74. The second-order valence-electron chi connectivity index (χ2n) is 4.02. The van der Waals surface area contributed by atoms with Crippen LogP contribution in [0.25, 0.3) is 0 Å². The molecule has 0 spiro atoms. The minimum absolute atomic E-state index is 0.546. The van der Waals surface area contributed by atoms with Crippen molar-refractivity contribution in [3.8, 4) is 0 Å². The molecule has 5 heteroatoms. The lowest BCUT2D eigenvalue weighted by molar-refractivity contribution is 0.321. The lowest BCUT2D eigenvalue weighted by Gasteiger charge is -2.15. The molecule has 0 aliphatic rings. The van der Waals surface area contributed by atoms with Crippen LogP contribution in [0.15, 0.2) is 23.8 Å². The number of halogens is 1. The van der Waals surface area contributed by atoms with Gasteiger partial charge in [0.25, 0.3) is 0 Å². The standard InChI is InChI=1S/C12H14ClN3S/c1-9-11(17-8-15-9)7-16(2)6-10-3-4-14-12(13)5-10/h3-5,8H,6-7H2,1-2H3. The highest BCUT2D eigenvalue weighted by atomic mass is 35.5. The highest BCUT2D eigenvalue weighted by Gasteiger charge is 2.06. The molecule has 2 rings (SSSR count). The van der Waals surface area contributed by atoms with Crippen LogP contribution in [0.3, 0.4) is 0 Å². The van der Waals surface area contributed by atoms with Gasteiger partial charge in [-0.3, -0.25) is 4.90 Å². The third-order valence-electron chi connectivity index (χ3n) is 2.50. The number of hydrogen-bond donors (Lipinski definition) is 0. The zero-order valence-corrected chi connectivity index (χ0v) is 11.4. The van der Waals surface area contributed by atoms with Crippen molar-refractivity contribution in [1.82, 2.24) is 14.9 Å². The molecule has 0 radical (unpaired) electrons. The van der Waals surface area contributed by atoms with Gasteiger partial charge in [-0.15, -0.1) is 11.3 Å². The number of aromatic nitrogens is 2. The molecule has 3 nitrogen and oxygen atoms in total. The van der Waals surface area contributed by atoms with Crippen molar-refractivity contribution in [3.63, 3.8) is 0 Å². The first-order valence-corrected chi connectivity index (χ1v) is 6.59. The monoisotopic (exact) mass is 267 g/mol. The second-order valence-corrected chi connectivity index (χ2v) is 5.35. The lowest BCUT2D eigenvalue weighted by Crippen LogP contribution is -2.17. The van der Waals surface area contributed by atoms with E-state index in [0.29, 0.717) is 5.15 Å². The normalized spacial score (nSPS) is 11.1. The van der Waals surface area contributed by atoms with E-state index in [4.69, 9.17) is 11.6 Å². The van der Waals surface area contributed by atoms with Gasteiger partial charge in [-0.25, -0.2) is 9.97 Å². The molecule has 0 saturated heterocycles. The summed E-state index contributed by atoms with van der Waals surface area (Å²) in [6, 6.07) is 3.89. The van der Waals surface area contributed by atoms with Gasteiger partial charge < -0.3 is 0 Å². The SMILES string of the molecule is Cc1ncsc1CN(C)Cc1ccnc(Cl)c1. The van der Waals surface area contributed by atoms with Gasteiger partial charge in [0.15, 0.2) is 0 Å². The minimum atomic E-state index is 0.546. The molecule has 17 heavy (non-hydrogen) atoms. The number of aryl methyl sites for hydroxylation is 1. The third kappa shape index (κ3) is 3.49. The first kappa shape index (κ1) is 12.5. The number of nitrogens with zero attached hydrogens (tertiary/aromatic N) is 3. The van der Waals surface area contributed by atoms with Crippen molar-refractivity contribution in [2.24, 2.45) is 0 Å². The zero-order valence-electron chi connectivity index (χ0n) is 9.85. The molecule has 90 valence electrons. The summed E-state index contributed by atoms with van der Waals surface area (Å²) in [7, 11) is 2.09. The molecular weight excluding hydrogens is 254 g/mol. The van der Waals surface area contributed by atoms with Crippen molar-refractivity contribution in [3.05, 3.63) is 45.1 Å². The first-order chi connectivity index (χ1) is 8.15. The number of hydrogen-bond acceptors (Lipinski definition) is 4. The smallest absolute Gasteiger partial charge is 0.129 e. The predicted molar refractivity (Wildman–Crippen MR) is 71.3 cm³/mol. The summed E-state index contributed by atoms with van der Waals surface area (Å²) >= 11 is 7.56. The fraction of sp³-hybridized carbons (Fsp3) is 0.333. The van der Waals surface area contributed by atoms with Crippen molar-refractivity contribution in [1.29, 1.82) is 0 Å². The average molecular weight is 268 g/mol. The first-order valence-electron chi connectivity index (χ1n) is 5.33. The van der Waals surface area contributed by atoms with E-state index in [-0.39, 0.29) is 0 Å². The minimum Gasteiger partial charge on any atom is -0.297 e. The van der Waals surface area contributed by atoms with Crippen molar-refractivity contribution in [2.45, 2.75) is 20.0 Å². The van der Waals surface area contributed by atoms with Gasteiger partial charge >= 0.3 is 0 Å². The summed E-state index contributed by atoms with van der Waals surface area (Å²) in [6.45, 7) is 3.82. The molecule has 0 aromatic carbocycles. The molecule has 0 saturated carbocycles. The van der Waals surface area contributed by atoms with E-state index in [0.717, 1.165) is 18.8 Å². The fourth-order valence-corrected chi connectivity index (χ4v) is 2.68. The maximum absolute atomic E-state index is 5.86. The Bertz CT molecular complexity index is 498. The van der Waals surface area contributed by atoms with Gasteiger partial charge in [0.2, 0.25) is 0 Å². The Morgan fingerprint density at radius 1 is 1.35 bits per heavy atom. The molecule has 2 aromatic heterocycles. The molecular formula is C12H14ClN3S. The van der Waals surface area contributed by atoms with Crippen molar-refractivity contribution < 1.29 is 0 Å². The highest BCUT2D eigenvalue weighted by molar-refractivity contribution is 7.09. The topological polar surface area (TPSA) is 29.0 Å². The van der Waals surface area contributed by atoms with E-state index in [2.05, 4.69) is 21.9 Å². The molecule has 0 amide bonds. The van der Waals surface area contributed by atoms with Gasteiger partial charge in [-0.1, -0.05) is 11.6 Å². The number of pyridine rings is 1. The molecule has 0 unspecified atom stereocenters. The third-order valence-corrected chi connectivity index (χ3v) is 3.63. The van der Waals surface area contributed by atoms with Crippen LogP contribution in [0.5, 0.6) is 0 Å². The van der Waals surface area contributed by atoms with E-state index in [9.17, 15) is 0 Å². The van der Waals surface area contributed by atoms with Gasteiger partial charge in [0.1, 0.15) is 5.15 Å². The van der Waals surface area contributed by atoms with E-state index < -0.39 is 0 Å². The van der Waals surface area contributed by atoms with Crippen LogP contribution < -0.4 is 0 Å². The summed E-state index contributed by atoms with van der Waals surface area (Å²) in [5.41, 5.74) is 4.19. The largest absolute Gasteiger partial charge is 0.297 e. The van der Waals surface area contributed by atoms with Crippen LogP contribution in [-0.4, -0.2) is 21.9 Å². The Labute approximate surface area is 110 Å². The molecule has 0 N–H and O–H groups in total. The van der Waals surface area contributed by atoms with Gasteiger partial charge in [-0.05, 0) is 31.7 Å². The summed E-state index contributed by atoms with van der Waals surface area (Å²) in [5.74, 6) is 0. The molecule has 2 aromatic rings. The Kier molecular flexibility index (Phi) is 4.10. The molecule has 0 aliphatic carbocycles. The van der Waals surface area contributed by atoms with Crippen molar-refractivity contribution in [2.75, 3.05) is 7.05 Å². The number of rotatable bonds is 4. The van der Waals surface area contributed by atoms with Crippen LogP contribution in [0.4, 0.5) is 0 Å². The van der Waals surface area contributed by atoms with E-state index in [1.807, 2.05) is 24.6 Å². The summed E-state index contributed by atoms with van der Waals surface area (Å²) in [5, 5.41) is 0.546. The Morgan fingerprint density at radius 2 is 2.18 bits per heavy atom. The zero-order chi connectivity index (χ0) is 12.3. The lowest BCUT2D eigenvalue weighted by atomic mass is 10.2. The Balaban J connectivity index is 1.98. The average Bonchev–Trinajstić information content (AvgIpc) is 2.64. The Morgan fingerprint density at radius 3 is 2.82 bits per heavy atom. The van der Waals surface area contributed by atoms with E-state index >= 15 is 0 Å². The van der Waals surface area contributed by atoms with E-state index in [1.165, 1.54) is 10.4 Å². The van der Waals surface area contributed by atoms with Gasteiger partial charge in [-0.2, -0.15) is 0 Å². The quantitative estimate of drug-likeness (QED) is 0.797.